The Hall–Kier alpha value is -1.25. The van der Waals surface area contributed by atoms with Gasteiger partial charge in [0.15, 0.2) is 0 Å². The highest BCUT2D eigenvalue weighted by Crippen LogP contribution is 2.28. The number of hydrogen-bond donors (Lipinski definition) is 1. The first-order valence-corrected chi connectivity index (χ1v) is 5.48. The van der Waals surface area contributed by atoms with Crippen LogP contribution in [0.4, 0.5) is 0 Å². The number of rotatable bonds is 1. The lowest BCUT2D eigenvalue weighted by atomic mass is 10.1. The van der Waals surface area contributed by atoms with E-state index < -0.39 is 0 Å². The van der Waals surface area contributed by atoms with E-state index in [0.717, 1.165) is 5.56 Å². The van der Waals surface area contributed by atoms with Gasteiger partial charge in [-0.2, -0.15) is 0 Å². The van der Waals surface area contributed by atoms with Gasteiger partial charge in [-0.05, 0) is 36.8 Å². The van der Waals surface area contributed by atoms with Gasteiger partial charge < -0.3 is 4.98 Å². The Balaban J connectivity index is 2.71. The van der Waals surface area contributed by atoms with E-state index in [-0.39, 0.29) is 5.56 Å². The average molecular weight is 254 g/mol. The monoisotopic (exact) mass is 253 g/mol. The number of nitrogens with one attached hydrogen (secondary N) is 1. The van der Waals surface area contributed by atoms with Gasteiger partial charge >= 0.3 is 0 Å². The average Bonchev–Trinajstić information content (AvgIpc) is 2.25. The van der Waals surface area contributed by atoms with Crippen LogP contribution in [0.3, 0.4) is 0 Å². The van der Waals surface area contributed by atoms with Crippen molar-refractivity contribution < 1.29 is 0 Å². The number of pyridine rings is 1. The van der Waals surface area contributed by atoms with Gasteiger partial charge in [0, 0.05) is 27.4 Å². The molecule has 1 N–H and O–H groups in total. The molecule has 16 heavy (non-hydrogen) atoms. The molecular formula is C12H9Cl2NO. The van der Waals surface area contributed by atoms with Crippen LogP contribution in [-0.4, -0.2) is 4.98 Å². The predicted molar refractivity (Wildman–Crippen MR) is 67.3 cm³/mol. The molecule has 0 aliphatic carbocycles. The number of benzene rings is 1. The Morgan fingerprint density at radius 3 is 2.62 bits per heavy atom. The quantitative estimate of drug-likeness (QED) is 0.827. The summed E-state index contributed by atoms with van der Waals surface area (Å²) in [5.41, 5.74) is 1.98. The molecular weight excluding hydrogens is 245 g/mol. The van der Waals surface area contributed by atoms with Gasteiger partial charge in [-0.15, -0.1) is 0 Å². The van der Waals surface area contributed by atoms with Crippen molar-refractivity contribution in [2.45, 2.75) is 6.92 Å². The molecule has 2 rings (SSSR count). The Morgan fingerprint density at radius 2 is 1.88 bits per heavy atom. The van der Waals surface area contributed by atoms with E-state index in [1.165, 1.54) is 0 Å². The van der Waals surface area contributed by atoms with E-state index in [0.29, 0.717) is 21.2 Å². The first-order chi connectivity index (χ1) is 7.58. The lowest BCUT2D eigenvalue weighted by Crippen LogP contribution is -2.08. The van der Waals surface area contributed by atoms with Crippen molar-refractivity contribution >= 4 is 23.2 Å². The zero-order valence-corrected chi connectivity index (χ0v) is 10.1. The molecule has 0 saturated heterocycles. The third-order valence-electron chi connectivity index (χ3n) is 2.27. The Kier molecular flexibility index (Phi) is 3.03. The Labute approximate surface area is 103 Å². The van der Waals surface area contributed by atoms with Crippen molar-refractivity contribution in [3.05, 3.63) is 56.4 Å². The summed E-state index contributed by atoms with van der Waals surface area (Å²) >= 11 is 11.9. The molecule has 0 unspecified atom stereocenters. The summed E-state index contributed by atoms with van der Waals surface area (Å²) in [6.07, 6.45) is 1.66. The van der Waals surface area contributed by atoms with Crippen LogP contribution < -0.4 is 5.56 Å². The van der Waals surface area contributed by atoms with Gasteiger partial charge in [-0.3, -0.25) is 4.79 Å². The molecule has 1 heterocycles. The standard InChI is InChI=1S/C12H9Cl2NO/c1-7-4-10(12(16)15-6-7)9-5-8(13)2-3-11(9)14/h2-6H,1H3,(H,15,16). The van der Waals surface area contributed by atoms with E-state index in [1.807, 2.05) is 6.92 Å². The van der Waals surface area contributed by atoms with Crippen LogP contribution in [0.15, 0.2) is 35.3 Å². The molecule has 0 aliphatic heterocycles. The number of halogens is 2. The predicted octanol–water partition coefficient (Wildman–Crippen LogP) is 3.66. The van der Waals surface area contributed by atoms with Crippen LogP contribution in [0.2, 0.25) is 10.0 Å². The van der Waals surface area contributed by atoms with Gasteiger partial charge in [0.1, 0.15) is 0 Å². The number of aryl methyl sites for hydroxylation is 1. The summed E-state index contributed by atoms with van der Waals surface area (Å²) in [4.78, 5) is 14.3. The molecule has 2 nitrogen and oxygen atoms in total. The van der Waals surface area contributed by atoms with Crippen molar-refractivity contribution in [1.82, 2.24) is 4.98 Å². The molecule has 82 valence electrons. The fourth-order valence-corrected chi connectivity index (χ4v) is 1.89. The summed E-state index contributed by atoms with van der Waals surface area (Å²) in [7, 11) is 0. The van der Waals surface area contributed by atoms with Crippen LogP contribution in [0.25, 0.3) is 11.1 Å². The summed E-state index contributed by atoms with van der Waals surface area (Å²) in [5.74, 6) is 0. The summed E-state index contributed by atoms with van der Waals surface area (Å²) < 4.78 is 0. The van der Waals surface area contributed by atoms with Crippen molar-refractivity contribution in [1.29, 1.82) is 0 Å². The molecule has 2 aromatic rings. The maximum atomic E-state index is 11.7. The summed E-state index contributed by atoms with van der Waals surface area (Å²) in [6.45, 7) is 1.90. The first kappa shape index (κ1) is 11.2. The van der Waals surface area contributed by atoms with E-state index >= 15 is 0 Å². The van der Waals surface area contributed by atoms with E-state index in [2.05, 4.69) is 4.98 Å². The summed E-state index contributed by atoms with van der Waals surface area (Å²) in [5, 5.41) is 1.07. The second-order valence-electron chi connectivity index (χ2n) is 3.54. The smallest absolute Gasteiger partial charge is 0.255 e. The molecule has 0 bridgehead atoms. The van der Waals surface area contributed by atoms with Crippen LogP contribution in [0.1, 0.15) is 5.56 Å². The largest absolute Gasteiger partial charge is 0.328 e. The van der Waals surface area contributed by atoms with Crippen molar-refractivity contribution in [2.24, 2.45) is 0 Å². The molecule has 1 aromatic carbocycles. The van der Waals surface area contributed by atoms with Gasteiger partial charge in [0.25, 0.3) is 5.56 Å². The molecule has 4 heteroatoms. The topological polar surface area (TPSA) is 32.9 Å². The van der Waals surface area contributed by atoms with Crippen molar-refractivity contribution in [3.63, 3.8) is 0 Å². The Morgan fingerprint density at radius 1 is 1.12 bits per heavy atom. The van der Waals surface area contributed by atoms with E-state index in [1.54, 1.807) is 30.5 Å². The second-order valence-corrected chi connectivity index (χ2v) is 4.39. The maximum Gasteiger partial charge on any atom is 0.255 e. The molecule has 0 amide bonds. The van der Waals surface area contributed by atoms with Crippen LogP contribution in [0.5, 0.6) is 0 Å². The minimum Gasteiger partial charge on any atom is -0.328 e. The van der Waals surface area contributed by atoms with Gasteiger partial charge in [0.2, 0.25) is 0 Å². The normalized spacial score (nSPS) is 10.4. The lowest BCUT2D eigenvalue weighted by molar-refractivity contribution is 1.20. The molecule has 1 aromatic heterocycles. The van der Waals surface area contributed by atoms with E-state index in [4.69, 9.17) is 23.2 Å². The van der Waals surface area contributed by atoms with Crippen LogP contribution >= 0.6 is 23.2 Å². The highest BCUT2D eigenvalue weighted by Gasteiger charge is 2.08. The highest BCUT2D eigenvalue weighted by molar-refractivity contribution is 6.35. The molecule has 0 atom stereocenters. The van der Waals surface area contributed by atoms with Gasteiger partial charge in [0.05, 0.1) is 0 Å². The first-order valence-electron chi connectivity index (χ1n) is 4.72. The number of H-pyrrole nitrogens is 1. The molecule has 0 fully saturated rings. The second kappa shape index (κ2) is 4.32. The van der Waals surface area contributed by atoms with Crippen molar-refractivity contribution in [3.8, 4) is 11.1 Å². The van der Waals surface area contributed by atoms with E-state index in [9.17, 15) is 4.79 Å². The number of aromatic amines is 1. The molecule has 0 aliphatic rings. The maximum absolute atomic E-state index is 11.7. The molecule has 0 saturated carbocycles. The molecule has 0 radical (unpaired) electrons. The highest BCUT2D eigenvalue weighted by atomic mass is 35.5. The minimum atomic E-state index is -0.172. The van der Waals surface area contributed by atoms with Crippen molar-refractivity contribution in [2.75, 3.05) is 0 Å². The fourth-order valence-electron chi connectivity index (χ4n) is 1.50. The Bertz CT molecular complexity index is 590. The summed E-state index contributed by atoms with van der Waals surface area (Å²) in [6, 6.07) is 6.85. The third-order valence-corrected chi connectivity index (χ3v) is 2.83. The minimum absolute atomic E-state index is 0.172. The SMILES string of the molecule is Cc1c[nH]c(=O)c(-c2cc(Cl)ccc2Cl)c1. The molecule has 0 spiro atoms. The van der Waals surface area contributed by atoms with Gasteiger partial charge in [-0.25, -0.2) is 0 Å². The number of hydrogen-bond acceptors (Lipinski definition) is 1. The lowest BCUT2D eigenvalue weighted by Gasteiger charge is -2.05. The van der Waals surface area contributed by atoms with Gasteiger partial charge in [-0.1, -0.05) is 23.2 Å². The van der Waals surface area contributed by atoms with Crippen LogP contribution in [-0.2, 0) is 0 Å². The third kappa shape index (κ3) is 2.13. The number of aromatic nitrogens is 1. The zero-order chi connectivity index (χ0) is 11.7. The van der Waals surface area contributed by atoms with Crippen LogP contribution in [0, 0.1) is 6.92 Å². The fraction of sp³-hybridized carbons (Fsp3) is 0.0833. The zero-order valence-electron chi connectivity index (χ0n) is 8.55.